The zero-order valence-corrected chi connectivity index (χ0v) is 11.1. The predicted molar refractivity (Wildman–Crippen MR) is 63.3 cm³/mol. The summed E-state index contributed by atoms with van der Waals surface area (Å²) in [6.07, 6.45) is 0.919. The second-order valence-electron chi connectivity index (χ2n) is 3.54. The van der Waals surface area contributed by atoms with Crippen LogP contribution in [-0.4, -0.2) is 72.5 Å². The number of aliphatic hydroxyl groups is 1. The van der Waals surface area contributed by atoms with E-state index in [1.165, 1.54) is 7.11 Å². The van der Waals surface area contributed by atoms with Crippen molar-refractivity contribution in [3.05, 3.63) is 11.8 Å². The number of aromatic amines is 1. The molecule has 0 atom stereocenters. The number of aromatic nitrogens is 2. The lowest BCUT2D eigenvalue weighted by Gasteiger charge is -2.20. The number of aromatic carboxylic acids is 1. The van der Waals surface area contributed by atoms with Crippen LogP contribution < -0.4 is 0 Å². The highest BCUT2D eigenvalue weighted by Crippen LogP contribution is 2.17. The standard InChI is InChI=1S/C9H15N3O6S/c1-18-5-3-12(2-4-13)19(16,17)8-7(9(14)15)6-10-11-8/h6,13H,2-5H2,1H3,(H,10,11)(H,14,15). The largest absolute Gasteiger partial charge is 0.478 e. The van der Waals surface area contributed by atoms with Crippen LogP contribution >= 0.6 is 0 Å². The number of carbonyl (C=O) groups is 1. The number of sulfonamides is 1. The second kappa shape index (κ2) is 6.61. The van der Waals surface area contributed by atoms with Gasteiger partial charge in [-0.15, -0.1) is 0 Å². The molecule has 0 unspecified atom stereocenters. The minimum Gasteiger partial charge on any atom is -0.478 e. The maximum Gasteiger partial charge on any atom is 0.340 e. The molecule has 1 heterocycles. The number of carboxylic acids is 1. The zero-order chi connectivity index (χ0) is 14.5. The Morgan fingerprint density at radius 3 is 2.74 bits per heavy atom. The molecule has 1 aromatic heterocycles. The number of hydrogen-bond acceptors (Lipinski definition) is 6. The number of ether oxygens (including phenoxy) is 1. The van der Waals surface area contributed by atoms with E-state index in [-0.39, 0.29) is 26.3 Å². The van der Waals surface area contributed by atoms with Crippen LogP contribution in [0.15, 0.2) is 11.2 Å². The van der Waals surface area contributed by atoms with Crippen molar-refractivity contribution in [2.45, 2.75) is 5.03 Å². The fourth-order valence-electron chi connectivity index (χ4n) is 1.41. The van der Waals surface area contributed by atoms with Gasteiger partial charge < -0.3 is 14.9 Å². The molecule has 0 amide bonds. The third kappa shape index (κ3) is 3.50. The van der Waals surface area contributed by atoms with Crippen molar-refractivity contribution < 1.29 is 28.2 Å². The van der Waals surface area contributed by atoms with Gasteiger partial charge >= 0.3 is 5.97 Å². The van der Waals surface area contributed by atoms with Gasteiger partial charge in [-0.1, -0.05) is 0 Å². The molecule has 0 fully saturated rings. The van der Waals surface area contributed by atoms with Gasteiger partial charge in [0.05, 0.1) is 19.4 Å². The lowest BCUT2D eigenvalue weighted by molar-refractivity contribution is 0.0692. The first-order valence-electron chi connectivity index (χ1n) is 5.31. The van der Waals surface area contributed by atoms with Gasteiger partial charge in [-0.3, -0.25) is 5.10 Å². The van der Waals surface area contributed by atoms with E-state index in [9.17, 15) is 13.2 Å². The number of nitrogens with zero attached hydrogens (tertiary/aromatic N) is 2. The molecular weight excluding hydrogens is 278 g/mol. The van der Waals surface area contributed by atoms with E-state index in [4.69, 9.17) is 14.9 Å². The van der Waals surface area contributed by atoms with Crippen molar-refractivity contribution >= 4 is 16.0 Å². The van der Waals surface area contributed by atoms with E-state index in [1.807, 2.05) is 0 Å². The normalized spacial score (nSPS) is 11.9. The van der Waals surface area contributed by atoms with Crippen molar-refractivity contribution in [1.82, 2.24) is 14.5 Å². The van der Waals surface area contributed by atoms with E-state index in [2.05, 4.69) is 10.2 Å². The molecule has 0 spiro atoms. The number of methoxy groups -OCH3 is 1. The molecule has 0 aliphatic carbocycles. The second-order valence-corrected chi connectivity index (χ2v) is 5.41. The number of H-pyrrole nitrogens is 1. The number of aliphatic hydroxyl groups excluding tert-OH is 1. The first kappa shape index (κ1) is 15.6. The Balaban J connectivity index is 3.11. The summed E-state index contributed by atoms with van der Waals surface area (Å²) in [6.45, 7) is -0.434. The zero-order valence-electron chi connectivity index (χ0n) is 10.2. The van der Waals surface area contributed by atoms with Gasteiger partial charge in [-0.2, -0.15) is 9.40 Å². The molecule has 108 valence electrons. The van der Waals surface area contributed by atoms with Gasteiger partial charge in [0, 0.05) is 20.2 Å². The fraction of sp³-hybridized carbons (Fsp3) is 0.556. The molecule has 19 heavy (non-hydrogen) atoms. The number of hydrogen-bond donors (Lipinski definition) is 3. The number of carboxylic acid groups (broad SMARTS) is 1. The van der Waals surface area contributed by atoms with E-state index in [1.54, 1.807) is 0 Å². The van der Waals surface area contributed by atoms with Crippen molar-refractivity contribution in [2.75, 3.05) is 33.4 Å². The van der Waals surface area contributed by atoms with Crippen molar-refractivity contribution in [1.29, 1.82) is 0 Å². The Morgan fingerprint density at radius 1 is 1.53 bits per heavy atom. The van der Waals surface area contributed by atoms with Crippen molar-refractivity contribution in [2.24, 2.45) is 0 Å². The van der Waals surface area contributed by atoms with Crippen LogP contribution in [0.3, 0.4) is 0 Å². The molecule has 1 aromatic rings. The molecule has 0 bridgehead atoms. The van der Waals surface area contributed by atoms with Crippen LogP contribution in [0.1, 0.15) is 10.4 Å². The highest BCUT2D eigenvalue weighted by Gasteiger charge is 2.30. The maximum absolute atomic E-state index is 12.2. The van der Waals surface area contributed by atoms with Gasteiger partial charge in [-0.25, -0.2) is 13.2 Å². The highest BCUT2D eigenvalue weighted by atomic mass is 32.2. The number of nitrogens with one attached hydrogen (secondary N) is 1. The van der Waals surface area contributed by atoms with Crippen LogP contribution in [0.4, 0.5) is 0 Å². The van der Waals surface area contributed by atoms with Gasteiger partial charge in [0.2, 0.25) is 0 Å². The molecule has 0 aliphatic heterocycles. The lowest BCUT2D eigenvalue weighted by atomic mass is 10.4. The molecule has 0 saturated heterocycles. The summed E-state index contributed by atoms with van der Waals surface area (Å²) in [4.78, 5) is 10.9. The smallest absolute Gasteiger partial charge is 0.340 e. The Bertz CT molecular complexity index is 526. The van der Waals surface area contributed by atoms with Crippen LogP contribution in [0.5, 0.6) is 0 Å². The molecule has 1 rings (SSSR count). The fourth-order valence-corrected chi connectivity index (χ4v) is 2.89. The van der Waals surface area contributed by atoms with Crippen molar-refractivity contribution in [3.63, 3.8) is 0 Å². The minimum atomic E-state index is -4.07. The summed E-state index contributed by atoms with van der Waals surface area (Å²) in [5.74, 6) is -1.40. The summed E-state index contributed by atoms with van der Waals surface area (Å²) >= 11 is 0. The van der Waals surface area contributed by atoms with Crippen LogP contribution in [0, 0.1) is 0 Å². The summed E-state index contributed by atoms with van der Waals surface area (Å²) < 4.78 is 30.2. The van der Waals surface area contributed by atoms with E-state index < -0.39 is 26.6 Å². The predicted octanol–water partition coefficient (Wildman–Crippen LogP) is -1.26. The Morgan fingerprint density at radius 2 is 2.21 bits per heavy atom. The van der Waals surface area contributed by atoms with Crippen LogP contribution in [0.2, 0.25) is 0 Å². The molecule has 9 nitrogen and oxygen atoms in total. The third-order valence-electron chi connectivity index (χ3n) is 2.33. The van der Waals surface area contributed by atoms with Gasteiger partial charge in [0.1, 0.15) is 5.56 Å². The molecule has 10 heteroatoms. The lowest BCUT2D eigenvalue weighted by Crippen LogP contribution is -2.37. The molecule has 0 aromatic carbocycles. The summed E-state index contributed by atoms with van der Waals surface area (Å²) in [5, 5.41) is 22.9. The average Bonchev–Trinajstić information content (AvgIpc) is 2.84. The molecule has 3 N–H and O–H groups in total. The topological polar surface area (TPSA) is 133 Å². The highest BCUT2D eigenvalue weighted by molar-refractivity contribution is 7.89. The maximum atomic E-state index is 12.2. The Labute approximate surface area is 109 Å². The third-order valence-corrected chi connectivity index (χ3v) is 4.20. The first-order valence-corrected chi connectivity index (χ1v) is 6.75. The summed E-state index contributed by atoms with van der Waals surface area (Å²) in [5.41, 5.74) is -0.444. The van der Waals surface area contributed by atoms with Gasteiger partial charge in [0.15, 0.2) is 5.03 Å². The quantitative estimate of drug-likeness (QED) is 0.544. The number of rotatable bonds is 8. The van der Waals surface area contributed by atoms with Crippen LogP contribution in [-0.2, 0) is 14.8 Å². The summed E-state index contributed by atoms with van der Waals surface area (Å²) in [7, 11) is -2.67. The molecule has 0 aliphatic rings. The SMILES string of the molecule is COCCN(CCO)S(=O)(=O)c1[nH]ncc1C(=O)O. The summed E-state index contributed by atoms with van der Waals surface area (Å²) in [6, 6.07) is 0. The van der Waals surface area contributed by atoms with Gasteiger partial charge in [-0.05, 0) is 0 Å². The molecule has 0 radical (unpaired) electrons. The van der Waals surface area contributed by atoms with Crippen molar-refractivity contribution in [3.8, 4) is 0 Å². The Hall–Kier alpha value is -1.49. The minimum absolute atomic E-state index is 0.00251. The van der Waals surface area contributed by atoms with E-state index in [0.29, 0.717) is 0 Å². The van der Waals surface area contributed by atoms with Gasteiger partial charge in [0.25, 0.3) is 10.0 Å². The monoisotopic (exact) mass is 293 g/mol. The molecular formula is C9H15N3O6S. The molecule has 0 saturated carbocycles. The first-order chi connectivity index (χ1) is 8.95. The van der Waals surface area contributed by atoms with Crippen LogP contribution in [0.25, 0.3) is 0 Å². The van der Waals surface area contributed by atoms with E-state index in [0.717, 1.165) is 10.5 Å². The average molecular weight is 293 g/mol. The Kier molecular flexibility index (Phi) is 5.42. The van der Waals surface area contributed by atoms with E-state index >= 15 is 0 Å².